The third-order valence-electron chi connectivity index (χ3n) is 3.98. The van der Waals surface area contributed by atoms with Gasteiger partial charge in [-0.05, 0) is 42.3 Å². The van der Waals surface area contributed by atoms with Gasteiger partial charge in [-0.1, -0.05) is 12.1 Å². The van der Waals surface area contributed by atoms with Gasteiger partial charge in [0.2, 0.25) is 0 Å². The molecular weight excluding hydrogens is 351 g/mol. The summed E-state index contributed by atoms with van der Waals surface area (Å²) in [4.78, 5) is 29.5. The molecule has 8 heteroatoms. The van der Waals surface area contributed by atoms with Crippen LogP contribution in [0, 0.1) is 5.82 Å². The van der Waals surface area contributed by atoms with Gasteiger partial charge in [-0.15, -0.1) is 0 Å². The highest BCUT2D eigenvalue weighted by Crippen LogP contribution is 2.33. The molecular formula is C19H17FN4O3. The fourth-order valence-corrected chi connectivity index (χ4v) is 2.61. The molecule has 138 valence electrons. The Kier molecular flexibility index (Phi) is 4.89. The van der Waals surface area contributed by atoms with Gasteiger partial charge in [0.25, 0.3) is 5.56 Å². The lowest BCUT2D eigenvalue weighted by atomic mass is 10.0. The summed E-state index contributed by atoms with van der Waals surface area (Å²) in [6.07, 6.45) is 0.461. The number of nitrogens with one attached hydrogen (secondary N) is 1. The molecule has 7 nitrogen and oxygen atoms in total. The summed E-state index contributed by atoms with van der Waals surface area (Å²) in [7, 11) is 0. The molecule has 0 saturated heterocycles. The minimum atomic E-state index is -0.588. The zero-order valence-electron chi connectivity index (χ0n) is 14.5. The number of halogens is 1. The van der Waals surface area contributed by atoms with E-state index in [1.807, 2.05) is 6.92 Å². The molecule has 0 fully saturated rings. The van der Waals surface area contributed by atoms with E-state index in [-0.39, 0.29) is 22.9 Å². The summed E-state index contributed by atoms with van der Waals surface area (Å²) >= 11 is 0. The molecule has 0 aliphatic heterocycles. The Morgan fingerprint density at radius 1 is 1.19 bits per heavy atom. The second-order valence-corrected chi connectivity index (χ2v) is 5.71. The van der Waals surface area contributed by atoms with Crippen molar-refractivity contribution in [3.63, 3.8) is 0 Å². The molecule has 1 heterocycles. The Balaban J connectivity index is 2.13. The number of carbonyl (C=O) groups excluding carboxylic acids is 1. The molecule has 0 aliphatic carbocycles. The van der Waals surface area contributed by atoms with E-state index >= 15 is 0 Å². The minimum Gasteiger partial charge on any atom is -0.493 e. The number of carbonyl (C=O) groups is 1. The number of anilines is 2. The van der Waals surface area contributed by atoms with Crippen LogP contribution in [-0.2, 0) is 0 Å². The van der Waals surface area contributed by atoms with Crippen LogP contribution in [0.3, 0.4) is 0 Å². The highest BCUT2D eigenvalue weighted by molar-refractivity contribution is 5.81. The van der Waals surface area contributed by atoms with Crippen LogP contribution in [-0.4, -0.2) is 22.9 Å². The molecule has 0 aliphatic rings. The first-order valence-electron chi connectivity index (χ1n) is 8.12. The summed E-state index contributed by atoms with van der Waals surface area (Å²) in [5.41, 5.74) is 12.4. The van der Waals surface area contributed by atoms with Gasteiger partial charge in [0.15, 0.2) is 12.1 Å². The Hall–Kier alpha value is -3.68. The average Bonchev–Trinajstić information content (AvgIpc) is 2.66. The third kappa shape index (κ3) is 3.50. The highest BCUT2D eigenvalue weighted by Gasteiger charge is 2.14. The predicted molar refractivity (Wildman–Crippen MR) is 101 cm³/mol. The van der Waals surface area contributed by atoms with Gasteiger partial charge in [-0.25, -0.2) is 9.37 Å². The number of nitrogen functional groups attached to an aromatic ring is 2. The molecule has 5 N–H and O–H groups in total. The number of aldehydes is 1. The first kappa shape index (κ1) is 18.1. The summed E-state index contributed by atoms with van der Waals surface area (Å²) in [5.74, 6) is -0.00218. The number of nitrogens with zero attached hydrogens (tertiary/aromatic N) is 1. The SMILES string of the molecule is CCOc1cc(-c2ccc(F)c(C=O)c2)ccc1-c1nc(N)c(N)c(=O)[nH]1. The Morgan fingerprint density at radius 2 is 1.89 bits per heavy atom. The fourth-order valence-electron chi connectivity index (χ4n) is 2.61. The standard InChI is InChI=1S/C19H17FN4O3/c1-2-27-15-8-11(10-4-6-14(20)12(7-10)9-25)3-5-13(15)18-23-17(22)16(21)19(26)24-18/h3-9H,2,21H2,1H3,(H3,22,23,24,26). The number of H-pyrrole nitrogens is 1. The molecule has 0 spiro atoms. The molecule has 0 saturated carbocycles. The number of aromatic amines is 1. The molecule has 27 heavy (non-hydrogen) atoms. The molecule has 1 aromatic heterocycles. The number of nitrogens with two attached hydrogens (primary N) is 2. The molecule has 0 bridgehead atoms. The van der Waals surface area contributed by atoms with Crippen LogP contribution >= 0.6 is 0 Å². The number of hydrogen-bond acceptors (Lipinski definition) is 6. The Bertz CT molecular complexity index is 1080. The van der Waals surface area contributed by atoms with E-state index in [4.69, 9.17) is 16.2 Å². The second-order valence-electron chi connectivity index (χ2n) is 5.71. The van der Waals surface area contributed by atoms with Crippen molar-refractivity contribution in [1.82, 2.24) is 9.97 Å². The van der Waals surface area contributed by atoms with Crippen molar-refractivity contribution >= 4 is 17.8 Å². The van der Waals surface area contributed by atoms with Crippen molar-refractivity contribution in [2.24, 2.45) is 0 Å². The molecule has 2 aromatic carbocycles. The molecule has 0 amide bonds. The van der Waals surface area contributed by atoms with Crippen LogP contribution in [0.2, 0.25) is 0 Å². The van der Waals surface area contributed by atoms with Crippen molar-refractivity contribution in [1.29, 1.82) is 0 Å². The van der Waals surface area contributed by atoms with Gasteiger partial charge in [0.05, 0.1) is 17.7 Å². The minimum absolute atomic E-state index is 0.0353. The topological polar surface area (TPSA) is 124 Å². The first-order valence-corrected chi connectivity index (χ1v) is 8.12. The van der Waals surface area contributed by atoms with Gasteiger partial charge in [-0.2, -0.15) is 0 Å². The molecule has 3 rings (SSSR count). The van der Waals surface area contributed by atoms with Crippen molar-refractivity contribution in [2.75, 3.05) is 18.1 Å². The monoisotopic (exact) mass is 368 g/mol. The molecule has 0 unspecified atom stereocenters. The van der Waals surface area contributed by atoms with Crippen LogP contribution in [0.4, 0.5) is 15.9 Å². The lowest BCUT2D eigenvalue weighted by Gasteiger charge is -2.13. The second kappa shape index (κ2) is 7.28. The van der Waals surface area contributed by atoms with Crippen molar-refractivity contribution in [3.05, 3.63) is 58.1 Å². The van der Waals surface area contributed by atoms with Crippen LogP contribution in [0.5, 0.6) is 5.75 Å². The smallest absolute Gasteiger partial charge is 0.276 e. The summed E-state index contributed by atoms with van der Waals surface area (Å²) < 4.78 is 19.2. The third-order valence-corrected chi connectivity index (χ3v) is 3.98. The number of aromatic nitrogens is 2. The predicted octanol–water partition coefficient (Wildman–Crippen LogP) is 2.62. The van der Waals surface area contributed by atoms with Crippen molar-refractivity contribution in [3.8, 4) is 28.3 Å². The fraction of sp³-hybridized carbons (Fsp3) is 0.105. The van der Waals surface area contributed by atoms with Gasteiger partial charge in [0, 0.05) is 0 Å². The number of benzene rings is 2. The lowest BCUT2D eigenvalue weighted by molar-refractivity contribution is 0.112. The average molecular weight is 368 g/mol. The maximum atomic E-state index is 13.6. The van der Waals surface area contributed by atoms with Crippen LogP contribution in [0.15, 0.2) is 41.2 Å². The number of ether oxygens (including phenoxy) is 1. The van der Waals surface area contributed by atoms with Crippen LogP contribution in [0.25, 0.3) is 22.5 Å². The van der Waals surface area contributed by atoms with Gasteiger partial charge < -0.3 is 21.2 Å². The van der Waals surface area contributed by atoms with Crippen LogP contribution in [0.1, 0.15) is 17.3 Å². The molecule has 0 radical (unpaired) electrons. The normalized spacial score (nSPS) is 10.6. The summed E-state index contributed by atoms with van der Waals surface area (Å²) in [5, 5.41) is 0. The zero-order valence-corrected chi connectivity index (χ0v) is 14.5. The summed E-state index contributed by atoms with van der Waals surface area (Å²) in [6, 6.07) is 9.40. The van der Waals surface area contributed by atoms with Gasteiger partial charge >= 0.3 is 0 Å². The van der Waals surface area contributed by atoms with E-state index in [1.54, 1.807) is 24.3 Å². The quantitative estimate of drug-likeness (QED) is 0.595. The Labute approximate surface area is 153 Å². The van der Waals surface area contributed by atoms with Crippen LogP contribution < -0.4 is 21.8 Å². The number of rotatable bonds is 5. The largest absolute Gasteiger partial charge is 0.493 e. The maximum Gasteiger partial charge on any atom is 0.276 e. The van der Waals surface area contributed by atoms with E-state index in [2.05, 4.69) is 9.97 Å². The van der Waals surface area contributed by atoms with Crippen molar-refractivity contribution in [2.45, 2.75) is 6.92 Å². The Morgan fingerprint density at radius 3 is 2.56 bits per heavy atom. The molecule has 3 aromatic rings. The number of hydrogen-bond donors (Lipinski definition) is 3. The maximum absolute atomic E-state index is 13.6. The van der Waals surface area contributed by atoms with E-state index in [9.17, 15) is 14.0 Å². The van der Waals surface area contributed by atoms with E-state index in [0.29, 0.717) is 35.3 Å². The van der Waals surface area contributed by atoms with Gasteiger partial charge in [-0.3, -0.25) is 9.59 Å². The van der Waals surface area contributed by atoms with E-state index in [0.717, 1.165) is 0 Å². The molecule has 0 atom stereocenters. The zero-order chi connectivity index (χ0) is 19.6. The summed E-state index contributed by atoms with van der Waals surface area (Å²) in [6.45, 7) is 2.18. The van der Waals surface area contributed by atoms with E-state index < -0.39 is 11.4 Å². The highest BCUT2D eigenvalue weighted by atomic mass is 19.1. The van der Waals surface area contributed by atoms with Crippen molar-refractivity contribution < 1.29 is 13.9 Å². The van der Waals surface area contributed by atoms with E-state index in [1.165, 1.54) is 12.1 Å². The lowest BCUT2D eigenvalue weighted by Crippen LogP contribution is -2.17. The van der Waals surface area contributed by atoms with Gasteiger partial charge in [0.1, 0.15) is 23.1 Å². The first-order chi connectivity index (χ1) is 12.9.